The quantitative estimate of drug-likeness (QED) is 0.656. The molecular weight excluding hydrogens is 278 g/mol. The van der Waals surface area contributed by atoms with Crippen molar-refractivity contribution in [3.63, 3.8) is 0 Å². The molecule has 1 aromatic heterocycles. The Labute approximate surface area is 130 Å². The SMILES string of the molecule is CC(=O)[O-].Nc1ccc(N2CCC([n+]3ccccc3)C2)cc1. The second-order valence-electron chi connectivity index (χ2n) is 5.29. The van der Waals surface area contributed by atoms with Gasteiger partial charge in [-0.3, -0.25) is 0 Å². The highest BCUT2D eigenvalue weighted by Gasteiger charge is 2.28. The number of nitrogens with zero attached hydrogens (tertiary/aromatic N) is 2. The van der Waals surface area contributed by atoms with Gasteiger partial charge in [0, 0.05) is 42.4 Å². The average molecular weight is 299 g/mol. The summed E-state index contributed by atoms with van der Waals surface area (Å²) in [5.74, 6) is -1.08. The fourth-order valence-corrected chi connectivity index (χ4v) is 2.56. The number of hydrogen-bond acceptors (Lipinski definition) is 4. The monoisotopic (exact) mass is 299 g/mol. The lowest BCUT2D eigenvalue weighted by Gasteiger charge is -2.17. The van der Waals surface area contributed by atoms with Crippen LogP contribution in [0.5, 0.6) is 0 Å². The third-order valence-electron chi connectivity index (χ3n) is 3.58. The van der Waals surface area contributed by atoms with Gasteiger partial charge in [0.1, 0.15) is 0 Å². The van der Waals surface area contributed by atoms with E-state index in [1.165, 1.54) is 12.1 Å². The van der Waals surface area contributed by atoms with Gasteiger partial charge in [-0.05, 0) is 31.2 Å². The lowest BCUT2D eigenvalue weighted by Crippen LogP contribution is -2.40. The zero-order chi connectivity index (χ0) is 15.9. The van der Waals surface area contributed by atoms with Crippen LogP contribution in [0.1, 0.15) is 19.4 Å². The number of pyridine rings is 1. The van der Waals surface area contributed by atoms with Crippen LogP contribution in [0.3, 0.4) is 0 Å². The molecule has 5 heteroatoms. The van der Waals surface area contributed by atoms with Crippen LogP contribution < -0.4 is 20.3 Å². The van der Waals surface area contributed by atoms with E-state index in [0.29, 0.717) is 6.04 Å². The molecule has 0 aliphatic carbocycles. The molecule has 0 radical (unpaired) electrons. The van der Waals surface area contributed by atoms with E-state index in [1.54, 1.807) is 0 Å². The van der Waals surface area contributed by atoms with E-state index < -0.39 is 5.97 Å². The van der Waals surface area contributed by atoms with Gasteiger partial charge in [-0.2, -0.15) is 0 Å². The van der Waals surface area contributed by atoms with Crippen molar-refractivity contribution in [1.29, 1.82) is 0 Å². The van der Waals surface area contributed by atoms with E-state index in [9.17, 15) is 0 Å². The Bertz CT molecular complexity index is 595. The van der Waals surface area contributed by atoms with Gasteiger partial charge >= 0.3 is 0 Å². The maximum Gasteiger partial charge on any atom is 0.177 e. The molecule has 1 aromatic carbocycles. The van der Waals surface area contributed by atoms with Crippen LogP contribution in [0.25, 0.3) is 0 Å². The minimum absolute atomic E-state index is 0.573. The van der Waals surface area contributed by atoms with Crippen LogP contribution in [0.4, 0.5) is 11.4 Å². The first-order valence-electron chi connectivity index (χ1n) is 7.30. The first kappa shape index (κ1) is 15.8. The van der Waals surface area contributed by atoms with Gasteiger partial charge in [-0.25, -0.2) is 4.57 Å². The van der Waals surface area contributed by atoms with Crippen LogP contribution in [-0.2, 0) is 4.79 Å². The Morgan fingerprint density at radius 3 is 2.41 bits per heavy atom. The molecule has 2 N–H and O–H groups in total. The second-order valence-corrected chi connectivity index (χ2v) is 5.29. The van der Waals surface area contributed by atoms with Crippen molar-refractivity contribution in [3.8, 4) is 0 Å². The Hall–Kier alpha value is -2.56. The Balaban J connectivity index is 0.000000396. The predicted octanol–water partition coefficient (Wildman–Crippen LogP) is 0.764. The highest BCUT2D eigenvalue weighted by Crippen LogP contribution is 2.24. The molecule has 0 amide bonds. The van der Waals surface area contributed by atoms with Crippen LogP contribution in [0.15, 0.2) is 54.9 Å². The minimum atomic E-state index is -1.08. The minimum Gasteiger partial charge on any atom is -0.550 e. The number of benzene rings is 1. The highest BCUT2D eigenvalue weighted by atomic mass is 16.4. The van der Waals surface area contributed by atoms with E-state index in [0.717, 1.165) is 25.7 Å². The fraction of sp³-hybridized carbons (Fsp3) is 0.294. The smallest absolute Gasteiger partial charge is 0.177 e. The molecule has 1 atom stereocenters. The number of nitrogens with two attached hydrogens (primary N) is 1. The van der Waals surface area contributed by atoms with Crippen LogP contribution in [-0.4, -0.2) is 19.1 Å². The Morgan fingerprint density at radius 1 is 1.23 bits per heavy atom. The van der Waals surface area contributed by atoms with Crippen LogP contribution >= 0.6 is 0 Å². The molecule has 1 saturated heterocycles. The molecule has 2 heterocycles. The third kappa shape index (κ3) is 4.48. The largest absolute Gasteiger partial charge is 0.550 e. The van der Waals surface area contributed by atoms with Gasteiger partial charge in [-0.1, -0.05) is 6.07 Å². The zero-order valence-corrected chi connectivity index (χ0v) is 12.7. The van der Waals surface area contributed by atoms with Crippen molar-refractivity contribution in [2.24, 2.45) is 0 Å². The molecule has 3 rings (SSSR count). The number of aromatic nitrogens is 1. The van der Waals surface area contributed by atoms with E-state index in [2.05, 4.69) is 52.2 Å². The summed E-state index contributed by atoms with van der Waals surface area (Å²) in [6.45, 7) is 3.15. The van der Waals surface area contributed by atoms with Crippen molar-refractivity contribution >= 4 is 17.3 Å². The molecule has 0 spiro atoms. The fourth-order valence-electron chi connectivity index (χ4n) is 2.56. The number of nitrogen functional groups attached to an aromatic ring is 1. The summed E-state index contributed by atoms with van der Waals surface area (Å²) in [7, 11) is 0. The van der Waals surface area contributed by atoms with Gasteiger partial charge in [0.2, 0.25) is 0 Å². The second kappa shape index (κ2) is 7.45. The number of hydrogen-bond donors (Lipinski definition) is 1. The number of carbonyl (C=O) groups excluding carboxylic acids is 1. The zero-order valence-electron chi connectivity index (χ0n) is 12.7. The molecule has 0 bridgehead atoms. The maximum atomic E-state index is 8.89. The van der Waals surface area contributed by atoms with Crippen LogP contribution in [0, 0.1) is 0 Å². The number of anilines is 2. The molecule has 2 aromatic rings. The lowest BCUT2D eigenvalue weighted by molar-refractivity contribution is -0.718. The van der Waals surface area contributed by atoms with Gasteiger partial charge in [-0.15, -0.1) is 0 Å². The number of carboxylic acid groups (broad SMARTS) is 1. The molecule has 1 unspecified atom stereocenters. The summed E-state index contributed by atoms with van der Waals surface area (Å²) in [5.41, 5.74) is 7.81. The lowest BCUT2D eigenvalue weighted by atomic mass is 10.2. The van der Waals surface area contributed by atoms with Crippen molar-refractivity contribution in [3.05, 3.63) is 54.9 Å². The van der Waals surface area contributed by atoms with Gasteiger partial charge < -0.3 is 20.5 Å². The summed E-state index contributed by atoms with van der Waals surface area (Å²) in [5, 5.41) is 8.89. The third-order valence-corrected chi connectivity index (χ3v) is 3.58. The first-order valence-corrected chi connectivity index (χ1v) is 7.30. The molecule has 0 saturated carbocycles. The van der Waals surface area contributed by atoms with Crippen molar-refractivity contribution in [1.82, 2.24) is 0 Å². The molecule has 1 aliphatic rings. The molecule has 22 heavy (non-hydrogen) atoms. The topological polar surface area (TPSA) is 73.3 Å². The summed E-state index contributed by atoms with van der Waals surface area (Å²) >= 11 is 0. The molecular formula is C17H21N3O2. The summed E-state index contributed by atoms with van der Waals surface area (Å²) in [6, 6.07) is 15.0. The number of carbonyl (C=O) groups is 1. The van der Waals surface area contributed by atoms with Crippen LogP contribution in [0.2, 0.25) is 0 Å². The van der Waals surface area contributed by atoms with Crippen molar-refractivity contribution < 1.29 is 14.5 Å². The van der Waals surface area contributed by atoms with E-state index in [4.69, 9.17) is 15.6 Å². The normalized spacial score (nSPS) is 16.8. The molecule has 5 nitrogen and oxygen atoms in total. The molecule has 1 aliphatic heterocycles. The van der Waals surface area contributed by atoms with Gasteiger partial charge in [0.25, 0.3) is 0 Å². The first-order chi connectivity index (χ1) is 10.6. The molecule has 116 valence electrons. The van der Waals surface area contributed by atoms with E-state index >= 15 is 0 Å². The highest BCUT2D eigenvalue weighted by molar-refractivity contribution is 5.60. The van der Waals surface area contributed by atoms with Gasteiger partial charge in [0.05, 0.1) is 6.54 Å². The van der Waals surface area contributed by atoms with Crippen molar-refractivity contribution in [2.45, 2.75) is 19.4 Å². The molecule has 1 fully saturated rings. The number of aliphatic carboxylic acids is 1. The number of carboxylic acids is 1. The standard InChI is InChI=1S/C15H18N3.C2H4O2/c16-13-4-6-14(7-5-13)18-11-8-15(12-18)17-9-2-1-3-10-17;1-2(3)4/h1-7,9-10,15H,8,11-12,16H2;1H3,(H,3,4)/q+1;/p-1. The Morgan fingerprint density at radius 2 is 1.82 bits per heavy atom. The Kier molecular flexibility index (Phi) is 5.36. The predicted molar refractivity (Wildman–Crippen MR) is 84.0 cm³/mol. The van der Waals surface area contributed by atoms with E-state index in [-0.39, 0.29) is 0 Å². The van der Waals surface area contributed by atoms with Gasteiger partial charge in [0.15, 0.2) is 18.4 Å². The summed E-state index contributed by atoms with van der Waals surface area (Å²) < 4.78 is 2.30. The van der Waals surface area contributed by atoms with E-state index in [1.807, 2.05) is 12.1 Å². The summed E-state index contributed by atoms with van der Waals surface area (Å²) in [4.78, 5) is 11.3. The average Bonchev–Trinajstić information content (AvgIpc) is 2.98. The maximum absolute atomic E-state index is 8.89. The van der Waals surface area contributed by atoms with Crippen molar-refractivity contribution in [2.75, 3.05) is 23.7 Å². The number of rotatable bonds is 2. The summed E-state index contributed by atoms with van der Waals surface area (Å²) in [6.07, 6.45) is 5.49.